The number of fused-ring (bicyclic) bond motifs is 1. The summed E-state index contributed by atoms with van der Waals surface area (Å²) in [5.74, 6) is 1.09. The summed E-state index contributed by atoms with van der Waals surface area (Å²) in [6.07, 6.45) is 4.97. The van der Waals surface area contributed by atoms with Gasteiger partial charge in [0.1, 0.15) is 5.82 Å². The molecule has 0 aliphatic carbocycles. The van der Waals surface area contributed by atoms with Gasteiger partial charge in [0.2, 0.25) is 0 Å². The van der Waals surface area contributed by atoms with E-state index < -0.39 is 0 Å². The van der Waals surface area contributed by atoms with Crippen LogP contribution in [-0.2, 0) is 19.5 Å². The Morgan fingerprint density at radius 1 is 1.19 bits per heavy atom. The lowest BCUT2D eigenvalue weighted by atomic mass is 10.1. The zero-order valence-corrected chi connectivity index (χ0v) is 12.9. The molecule has 0 atom stereocenters. The van der Waals surface area contributed by atoms with E-state index in [0.717, 1.165) is 29.8 Å². The number of piperidine rings is 1. The van der Waals surface area contributed by atoms with E-state index in [1.54, 1.807) is 0 Å². The number of aromatic nitrogens is 2. The van der Waals surface area contributed by atoms with Crippen LogP contribution in [0, 0.1) is 0 Å². The summed E-state index contributed by atoms with van der Waals surface area (Å²) in [4.78, 5) is 7.33. The average Bonchev–Trinajstić information content (AvgIpc) is 2.85. The summed E-state index contributed by atoms with van der Waals surface area (Å²) in [5.41, 5.74) is 3.53. The molecule has 114 valence electrons. The lowest BCUT2D eigenvalue weighted by Crippen LogP contribution is -2.30. The Bertz CT molecular complexity index is 599. The quantitative estimate of drug-likeness (QED) is 0.919. The molecule has 4 heteroatoms. The molecule has 4 nitrogen and oxygen atoms in total. The first-order valence-electron chi connectivity index (χ1n) is 8.13. The van der Waals surface area contributed by atoms with E-state index in [1.165, 1.54) is 37.9 Å². The highest BCUT2D eigenvalue weighted by Crippen LogP contribution is 2.20. The lowest BCUT2D eigenvalue weighted by molar-refractivity contribution is 0.210. The van der Waals surface area contributed by atoms with Crippen LogP contribution in [0.15, 0.2) is 18.2 Å². The topological polar surface area (TPSA) is 41.3 Å². The van der Waals surface area contributed by atoms with Gasteiger partial charge in [0.05, 0.1) is 24.2 Å². The van der Waals surface area contributed by atoms with Crippen molar-refractivity contribution in [3.8, 4) is 0 Å². The molecule has 1 aliphatic heterocycles. The number of likely N-dealkylation sites (tertiary alicyclic amines) is 1. The molecule has 2 heterocycles. The molecule has 0 saturated carbocycles. The maximum absolute atomic E-state index is 9.37. The number of aryl methyl sites for hydroxylation is 1. The van der Waals surface area contributed by atoms with E-state index in [1.807, 2.05) is 0 Å². The molecule has 2 aromatic rings. The van der Waals surface area contributed by atoms with Gasteiger partial charge in [0, 0.05) is 6.54 Å². The number of nitrogens with zero attached hydrogens (tertiary/aromatic N) is 3. The normalized spacial score (nSPS) is 16.7. The van der Waals surface area contributed by atoms with Gasteiger partial charge >= 0.3 is 0 Å². The van der Waals surface area contributed by atoms with Crippen molar-refractivity contribution in [3.05, 3.63) is 29.6 Å². The van der Waals surface area contributed by atoms with Crippen LogP contribution in [0.2, 0.25) is 0 Å². The highest BCUT2D eigenvalue weighted by molar-refractivity contribution is 5.77. The Morgan fingerprint density at radius 3 is 2.71 bits per heavy atom. The number of hydrogen-bond acceptors (Lipinski definition) is 3. The van der Waals surface area contributed by atoms with Gasteiger partial charge in [-0.25, -0.2) is 4.98 Å². The predicted octanol–water partition coefficient (Wildman–Crippen LogP) is 2.58. The van der Waals surface area contributed by atoms with Crippen molar-refractivity contribution >= 4 is 11.0 Å². The lowest BCUT2D eigenvalue weighted by Gasteiger charge is -2.26. The molecule has 0 unspecified atom stereocenters. The van der Waals surface area contributed by atoms with Gasteiger partial charge in [0.25, 0.3) is 0 Å². The van der Waals surface area contributed by atoms with Crippen LogP contribution in [0.3, 0.4) is 0 Å². The summed E-state index contributed by atoms with van der Waals surface area (Å²) in [5, 5.41) is 9.37. The Morgan fingerprint density at radius 2 is 2.00 bits per heavy atom. The van der Waals surface area contributed by atoms with Crippen molar-refractivity contribution in [1.29, 1.82) is 0 Å². The molecule has 0 bridgehead atoms. The molecule has 1 aromatic carbocycles. The molecule has 0 spiro atoms. The molecular formula is C17H25N3O. The second-order valence-corrected chi connectivity index (χ2v) is 5.92. The fraction of sp³-hybridized carbons (Fsp3) is 0.588. The SMILES string of the molecule is CCc1ccc2c(c1)nc(CN1CCCCC1)n2CCO. The summed E-state index contributed by atoms with van der Waals surface area (Å²) in [6, 6.07) is 6.50. The smallest absolute Gasteiger partial charge is 0.124 e. The fourth-order valence-corrected chi connectivity index (χ4v) is 3.23. The zero-order valence-electron chi connectivity index (χ0n) is 12.9. The number of benzene rings is 1. The van der Waals surface area contributed by atoms with Crippen molar-refractivity contribution in [3.63, 3.8) is 0 Å². The van der Waals surface area contributed by atoms with Gasteiger partial charge in [-0.1, -0.05) is 19.4 Å². The number of rotatable bonds is 5. The molecule has 1 fully saturated rings. The van der Waals surface area contributed by atoms with E-state index in [0.29, 0.717) is 6.54 Å². The third kappa shape index (κ3) is 3.11. The largest absolute Gasteiger partial charge is 0.395 e. The molecule has 3 rings (SSSR count). The van der Waals surface area contributed by atoms with Crippen molar-refractivity contribution in [1.82, 2.24) is 14.5 Å². The monoisotopic (exact) mass is 287 g/mol. The number of aliphatic hydroxyl groups is 1. The van der Waals surface area contributed by atoms with Gasteiger partial charge in [-0.3, -0.25) is 4.90 Å². The van der Waals surface area contributed by atoms with Gasteiger partial charge in [0.15, 0.2) is 0 Å². The second-order valence-electron chi connectivity index (χ2n) is 5.92. The Balaban J connectivity index is 1.93. The van der Waals surface area contributed by atoms with Crippen LogP contribution >= 0.6 is 0 Å². The van der Waals surface area contributed by atoms with Crippen LogP contribution < -0.4 is 0 Å². The van der Waals surface area contributed by atoms with Crippen LogP contribution in [0.4, 0.5) is 0 Å². The first-order chi connectivity index (χ1) is 10.3. The van der Waals surface area contributed by atoms with Crippen molar-refractivity contribution in [2.45, 2.75) is 45.7 Å². The molecule has 21 heavy (non-hydrogen) atoms. The maximum Gasteiger partial charge on any atom is 0.124 e. The van der Waals surface area contributed by atoms with Crippen molar-refractivity contribution in [2.75, 3.05) is 19.7 Å². The van der Waals surface area contributed by atoms with E-state index in [9.17, 15) is 5.11 Å². The molecule has 1 N–H and O–H groups in total. The maximum atomic E-state index is 9.37. The van der Waals surface area contributed by atoms with Crippen LogP contribution in [0.1, 0.15) is 37.6 Å². The average molecular weight is 287 g/mol. The molecule has 1 aromatic heterocycles. The summed E-state index contributed by atoms with van der Waals surface area (Å²) in [7, 11) is 0. The number of imidazole rings is 1. The highest BCUT2D eigenvalue weighted by Gasteiger charge is 2.16. The number of hydrogen-bond donors (Lipinski definition) is 1. The van der Waals surface area contributed by atoms with Crippen LogP contribution in [-0.4, -0.2) is 39.3 Å². The van der Waals surface area contributed by atoms with E-state index in [4.69, 9.17) is 4.98 Å². The third-order valence-electron chi connectivity index (χ3n) is 4.44. The molecular weight excluding hydrogens is 262 g/mol. The Kier molecular flexibility index (Phi) is 4.56. The van der Waals surface area contributed by atoms with Crippen molar-refractivity contribution < 1.29 is 5.11 Å². The fourth-order valence-electron chi connectivity index (χ4n) is 3.23. The first kappa shape index (κ1) is 14.5. The van der Waals surface area contributed by atoms with Gasteiger partial charge < -0.3 is 9.67 Å². The Labute approximate surface area is 126 Å². The van der Waals surface area contributed by atoms with Crippen LogP contribution in [0.5, 0.6) is 0 Å². The standard InChI is InChI=1S/C17H25N3O/c1-2-14-6-7-16-15(12-14)18-17(20(16)10-11-21)13-19-8-4-3-5-9-19/h6-7,12,21H,2-5,8-11,13H2,1H3. The molecule has 1 aliphatic rings. The summed E-state index contributed by atoms with van der Waals surface area (Å²) >= 11 is 0. The highest BCUT2D eigenvalue weighted by atomic mass is 16.3. The number of aliphatic hydroxyl groups excluding tert-OH is 1. The van der Waals surface area contributed by atoms with Crippen LogP contribution in [0.25, 0.3) is 11.0 Å². The van der Waals surface area contributed by atoms with E-state index >= 15 is 0 Å². The van der Waals surface area contributed by atoms with Gasteiger partial charge in [-0.15, -0.1) is 0 Å². The van der Waals surface area contributed by atoms with Gasteiger partial charge in [-0.05, 0) is 50.0 Å². The third-order valence-corrected chi connectivity index (χ3v) is 4.44. The van der Waals surface area contributed by atoms with E-state index in [2.05, 4.69) is 34.6 Å². The Hall–Kier alpha value is -1.39. The first-order valence-corrected chi connectivity index (χ1v) is 8.13. The van der Waals surface area contributed by atoms with Crippen molar-refractivity contribution in [2.24, 2.45) is 0 Å². The van der Waals surface area contributed by atoms with E-state index in [-0.39, 0.29) is 6.61 Å². The minimum Gasteiger partial charge on any atom is -0.395 e. The minimum atomic E-state index is 0.161. The zero-order chi connectivity index (χ0) is 14.7. The summed E-state index contributed by atoms with van der Waals surface area (Å²) < 4.78 is 2.18. The summed E-state index contributed by atoms with van der Waals surface area (Å²) in [6.45, 7) is 6.20. The second kappa shape index (κ2) is 6.58. The minimum absolute atomic E-state index is 0.161. The van der Waals surface area contributed by atoms with Gasteiger partial charge in [-0.2, -0.15) is 0 Å². The molecule has 0 radical (unpaired) electrons. The molecule has 1 saturated heterocycles. The molecule has 0 amide bonds. The predicted molar refractivity (Wildman–Crippen MR) is 85.3 cm³/mol.